The Bertz CT molecular complexity index is 1250. The molecule has 2 aromatic rings. The molecule has 0 spiro atoms. The number of fused-ring (bicyclic) bond motifs is 1. The molecule has 3 unspecified atom stereocenters. The van der Waals surface area contributed by atoms with Gasteiger partial charge in [0.1, 0.15) is 0 Å². The molecule has 11 heteroatoms. The number of hydrogen-bond acceptors (Lipinski definition) is 7. The van der Waals surface area contributed by atoms with Gasteiger partial charge in [0.2, 0.25) is 15.9 Å². The van der Waals surface area contributed by atoms with E-state index in [9.17, 15) is 18.0 Å². The summed E-state index contributed by atoms with van der Waals surface area (Å²) in [6, 6.07) is 11.6. The van der Waals surface area contributed by atoms with Gasteiger partial charge in [-0.2, -0.15) is 4.31 Å². The van der Waals surface area contributed by atoms with Crippen LogP contribution in [0.3, 0.4) is 0 Å². The number of rotatable bonds is 10. The van der Waals surface area contributed by atoms with Crippen LogP contribution in [0.2, 0.25) is 0 Å². The van der Waals surface area contributed by atoms with Gasteiger partial charge in [0.15, 0.2) is 11.5 Å². The minimum atomic E-state index is -3.67. The van der Waals surface area contributed by atoms with Crippen molar-refractivity contribution in [1.29, 1.82) is 0 Å². The maximum Gasteiger partial charge on any atom is 0.251 e. The van der Waals surface area contributed by atoms with Gasteiger partial charge >= 0.3 is 0 Å². The Morgan fingerprint density at radius 2 is 1.84 bits per heavy atom. The zero-order chi connectivity index (χ0) is 26.6. The van der Waals surface area contributed by atoms with Crippen molar-refractivity contribution in [2.75, 3.05) is 33.9 Å². The van der Waals surface area contributed by atoms with Crippen LogP contribution in [0, 0.1) is 5.92 Å². The third kappa shape index (κ3) is 6.11. The van der Waals surface area contributed by atoms with Gasteiger partial charge in [0.05, 0.1) is 24.5 Å². The molecule has 37 heavy (non-hydrogen) atoms. The first-order valence-electron chi connectivity index (χ1n) is 11.9. The molecule has 3 atom stereocenters. The number of amides is 2. The number of thioether (sulfide) groups is 1. The second-order valence-electron chi connectivity index (χ2n) is 8.91. The van der Waals surface area contributed by atoms with E-state index in [1.807, 2.05) is 18.2 Å². The number of nitrogens with zero attached hydrogens (tertiary/aromatic N) is 1. The molecule has 0 bridgehead atoms. The van der Waals surface area contributed by atoms with Crippen LogP contribution in [-0.2, 0) is 21.2 Å². The highest BCUT2D eigenvalue weighted by Crippen LogP contribution is 2.43. The molecule has 0 radical (unpaired) electrons. The molecule has 2 aromatic carbocycles. The van der Waals surface area contributed by atoms with E-state index >= 15 is 0 Å². The predicted molar refractivity (Wildman–Crippen MR) is 142 cm³/mol. The van der Waals surface area contributed by atoms with Crippen LogP contribution < -0.4 is 20.1 Å². The number of sulfonamides is 1. The molecular formula is C26H31N3O6S2. The van der Waals surface area contributed by atoms with E-state index < -0.39 is 10.0 Å². The van der Waals surface area contributed by atoms with E-state index in [4.69, 9.17) is 9.47 Å². The molecule has 2 amide bonds. The van der Waals surface area contributed by atoms with Crippen LogP contribution in [0.1, 0.15) is 22.3 Å². The largest absolute Gasteiger partial charge is 0.493 e. The van der Waals surface area contributed by atoms with Crippen molar-refractivity contribution in [3.63, 3.8) is 0 Å². The van der Waals surface area contributed by atoms with Crippen LogP contribution in [0.5, 0.6) is 11.5 Å². The van der Waals surface area contributed by atoms with Gasteiger partial charge in [-0.15, -0.1) is 11.8 Å². The van der Waals surface area contributed by atoms with Gasteiger partial charge in [-0.05, 0) is 66.8 Å². The molecule has 2 aliphatic rings. The smallest absolute Gasteiger partial charge is 0.251 e. The first-order valence-corrected chi connectivity index (χ1v) is 14.3. The number of ether oxygens (including phenoxy) is 2. The van der Waals surface area contributed by atoms with E-state index in [1.54, 1.807) is 26.0 Å². The summed E-state index contributed by atoms with van der Waals surface area (Å²) in [7, 11) is -0.523. The summed E-state index contributed by atoms with van der Waals surface area (Å²) in [6.07, 6.45) is 2.57. The number of carbonyl (C=O) groups is 2. The molecule has 0 aromatic heterocycles. The van der Waals surface area contributed by atoms with Crippen molar-refractivity contribution in [3.8, 4) is 11.5 Å². The molecule has 2 aliphatic heterocycles. The standard InChI is InChI=1S/C26H31N3O6S2/c1-4-24(30)28-25-14-19-15-29(16-23(19)36-25)37(32,33)20-8-6-18(7-9-20)26(31)27-12-11-17-5-10-21(34-2)22(13-17)35-3/h4-10,13,19,23,25H,1,11-12,14-16H2,2-3H3,(H,27,31)(H,28,30). The third-order valence-corrected chi connectivity index (χ3v) is 9.96. The van der Waals surface area contributed by atoms with E-state index in [1.165, 1.54) is 34.6 Å². The third-order valence-electron chi connectivity index (χ3n) is 6.59. The first-order chi connectivity index (χ1) is 17.7. The summed E-state index contributed by atoms with van der Waals surface area (Å²) in [5.74, 6) is 0.965. The lowest BCUT2D eigenvalue weighted by Gasteiger charge is -2.19. The maximum absolute atomic E-state index is 13.2. The van der Waals surface area contributed by atoms with Crippen molar-refractivity contribution >= 4 is 33.6 Å². The molecule has 9 nitrogen and oxygen atoms in total. The normalized spacial score (nSPS) is 21.2. The number of hydrogen-bond donors (Lipinski definition) is 2. The SMILES string of the molecule is C=CC(=O)NC1CC2CN(S(=O)(=O)c3ccc(C(=O)NCCc4ccc(OC)c(OC)c4)cc3)CC2S1. The summed E-state index contributed by atoms with van der Waals surface area (Å²) in [4.78, 5) is 24.3. The minimum Gasteiger partial charge on any atom is -0.493 e. The Balaban J connectivity index is 1.30. The zero-order valence-electron chi connectivity index (χ0n) is 20.8. The van der Waals surface area contributed by atoms with E-state index in [0.29, 0.717) is 43.1 Å². The van der Waals surface area contributed by atoms with E-state index in [2.05, 4.69) is 17.2 Å². The Kier molecular flexibility index (Phi) is 8.46. The number of carbonyl (C=O) groups excluding carboxylic acids is 2. The van der Waals surface area contributed by atoms with Gasteiger partial charge < -0.3 is 20.1 Å². The van der Waals surface area contributed by atoms with Crippen molar-refractivity contribution in [2.24, 2.45) is 5.92 Å². The molecule has 4 rings (SSSR count). The van der Waals surface area contributed by atoms with Gasteiger partial charge in [0.25, 0.3) is 5.91 Å². The lowest BCUT2D eigenvalue weighted by atomic mass is 10.1. The van der Waals surface area contributed by atoms with Crippen molar-refractivity contribution < 1.29 is 27.5 Å². The molecule has 0 aliphatic carbocycles. The zero-order valence-corrected chi connectivity index (χ0v) is 22.4. The monoisotopic (exact) mass is 545 g/mol. The van der Waals surface area contributed by atoms with Gasteiger partial charge in [-0.25, -0.2) is 8.42 Å². The van der Waals surface area contributed by atoms with Crippen LogP contribution in [-0.4, -0.2) is 69.0 Å². The predicted octanol–water partition coefficient (Wildman–Crippen LogP) is 2.43. The van der Waals surface area contributed by atoms with Gasteiger partial charge in [-0.1, -0.05) is 12.6 Å². The second-order valence-corrected chi connectivity index (χ2v) is 12.3. The summed E-state index contributed by atoms with van der Waals surface area (Å²) in [5, 5.41) is 5.87. The van der Waals surface area contributed by atoms with E-state index in [0.717, 1.165) is 12.0 Å². The van der Waals surface area contributed by atoms with E-state index in [-0.39, 0.29) is 33.3 Å². The Hall–Kier alpha value is -3.02. The fourth-order valence-corrected chi connectivity index (χ4v) is 7.89. The highest BCUT2D eigenvalue weighted by molar-refractivity contribution is 8.00. The maximum atomic E-state index is 13.2. The molecule has 2 heterocycles. The summed E-state index contributed by atoms with van der Waals surface area (Å²) < 4.78 is 38.4. The van der Waals surface area contributed by atoms with Crippen LogP contribution in [0.15, 0.2) is 60.0 Å². The van der Waals surface area contributed by atoms with Crippen LogP contribution >= 0.6 is 11.8 Å². The molecule has 2 N–H and O–H groups in total. The van der Waals surface area contributed by atoms with Crippen LogP contribution in [0.4, 0.5) is 0 Å². The van der Waals surface area contributed by atoms with Crippen LogP contribution in [0.25, 0.3) is 0 Å². The molecular weight excluding hydrogens is 514 g/mol. The highest BCUT2D eigenvalue weighted by Gasteiger charge is 2.45. The summed E-state index contributed by atoms with van der Waals surface area (Å²) in [5.41, 5.74) is 1.38. The number of methoxy groups -OCH3 is 2. The molecule has 2 saturated heterocycles. The molecule has 198 valence electrons. The second kappa shape index (κ2) is 11.6. The topological polar surface area (TPSA) is 114 Å². The molecule has 2 fully saturated rings. The average molecular weight is 546 g/mol. The number of nitrogens with one attached hydrogen (secondary N) is 2. The van der Waals surface area contributed by atoms with Crippen molar-refractivity contribution in [3.05, 3.63) is 66.2 Å². The Labute approximate surface area is 221 Å². The Morgan fingerprint density at radius 3 is 2.49 bits per heavy atom. The first kappa shape index (κ1) is 27.0. The number of benzene rings is 2. The van der Waals surface area contributed by atoms with Gasteiger partial charge in [0, 0.05) is 30.4 Å². The highest BCUT2D eigenvalue weighted by atomic mass is 32.2. The lowest BCUT2D eigenvalue weighted by Crippen LogP contribution is -2.33. The fourth-order valence-electron chi connectivity index (χ4n) is 4.62. The Morgan fingerprint density at radius 1 is 1.11 bits per heavy atom. The quantitative estimate of drug-likeness (QED) is 0.441. The fraction of sp³-hybridized carbons (Fsp3) is 0.385. The summed E-state index contributed by atoms with van der Waals surface area (Å²) in [6.45, 7) is 4.69. The van der Waals surface area contributed by atoms with Crippen molar-refractivity contribution in [2.45, 2.75) is 28.4 Å². The molecule has 0 saturated carbocycles. The lowest BCUT2D eigenvalue weighted by molar-refractivity contribution is -0.116. The summed E-state index contributed by atoms with van der Waals surface area (Å²) >= 11 is 1.60. The van der Waals surface area contributed by atoms with Gasteiger partial charge in [-0.3, -0.25) is 9.59 Å². The average Bonchev–Trinajstić information content (AvgIpc) is 3.48. The van der Waals surface area contributed by atoms with Crippen molar-refractivity contribution in [1.82, 2.24) is 14.9 Å². The minimum absolute atomic E-state index is 0.0186.